The topological polar surface area (TPSA) is 58.9 Å². The van der Waals surface area contributed by atoms with Crippen molar-refractivity contribution in [2.24, 2.45) is 4.99 Å². The van der Waals surface area contributed by atoms with Crippen molar-refractivity contribution in [2.75, 3.05) is 7.11 Å². The fourth-order valence-corrected chi connectivity index (χ4v) is 3.77. The van der Waals surface area contributed by atoms with Crippen molar-refractivity contribution < 1.29 is 14.6 Å². The van der Waals surface area contributed by atoms with E-state index < -0.39 is 6.04 Å². The molecule has 0 bridgehead atoms. The minimum absolute atomic E-state index is 0.00711. The third-order valence-corrected chi connectivity index (χ3v) is 5.21. The number of ketones is 1. The molecule has 0 spiro atoms. The Hall–Kier alpha value is -2.88. The highest BCUT2D eigenvalue weighted by Crippen LogP contribution is 2.38. The molecule has 1 aliphatic heterocycles. The molecule has 4 rings (SSSR count). The van der Waals surface area contributed by atoms with E-state index in [0.29, 0.717) is 12.0 Å². The Morgan fingerprint density at radius 3 is 2.62 bits per heavy atom. The number of Topliss-reactive ketones (excluding diaryl/α,β-unsaturated/α-hetero) is 1. The standard InChI is InChI=1S/C22H21NO3/c1-26-18-10-7-14(8-11-18)19-13-20(15-4-2-3-5-15)23-21(19)22(25)16-6-9-17(24)12-16/h2-4,6-11,19,21,24H,5,12-13H2,1H3. The smallest absolute Gasteiger partial charge is 0.184 e. The molecule has 0 fully saturated rings. The Bertz CT molecular complexity index is 884. The van der Waals surface area contributed by atoms with Gasteiger partial charge >= 0.3 is 0 Å². The van der Waals surface area contributed by atoms with E-state index in [9.17, 15) is 9.90 Å². The molecule has 4 nitrogen and oxygen atoms in total. The van der Waals surface area contributed by atoms with E-state index in [2.05, 4.69) is 12.2 Å². The lowest BCUT2D eigenvalue weighted by Gasteiger charge is -2.18. The Morgan fingerprint density at radius 2 is 2.00 bits per heavy atom. The van der Waals surface area contributed by atoms with E-state index in [-0.39, 0.29) is 17.5 Å². The number of hydrogen-bond acceptors (Lipinski definition) is 4. The van der Waals surface area contributed by atoms with Crippen molar-refractivity contribution in [3.8, 4) is 5.75 Å². The highest BCUT2D eigenvalue weighted by molar-refractivity contribution is 6.09. The molecule has 2 unspecified atom stereocenters. The number of carbonyl (C=O) groups is 1. The summed E-state index contributed by atoms with van der Waals surface area (Å²) in [6.07, 6.45) is 11.5. The zero-order valence-corrected chi connectivity index (χ0v) is 14.7. The molecule has 1 aromatic carbocycles. The summed E-state index contributed by atoms with van der Waals surface area (Å²) in [5, 5.41) is 9.65. The third kappa shape index (κ3) is 3.03. The van der Waals surface area contributed by atoms with Crippen molar-refractivity contribution in [1.29, 1.82) is 0 Å². The number of ether oxygens (including phenoxy) is 1. The molecule has 0 amide bonds. The fraction of sp³-hybridized carbons (Fsp3) is 0.273. The quantitative estimate of drug-likeness (QED) is 0.867. The summed E-state index contributed by atoms with van der Waals surface area (Å²) in [4.78, 5) is 17.9. The predicted molar refractivity (Wildman–Crippen MR) is 102 cm³/mol. The predicted octanol–water partition coefficient (Wildman–Crippen LogP) is 4.22. The van der Waals surface area contributed by atoms with E-state index in [0.717, 1.165) is 29.9 Å². The number of allylic oxidation sites excluding steroid dienone is 7. The zero-order chi connectivity index (χ0) is 18.1. The van der Waals surface area contributed by atoms with E-state index in [1.54, 1.807) is 19.3 Å². The van der Waals surface area contributed by atoms with Crippen LogP contribution < -0.4 is 4.74 Å². The van der Waals surface area contributed by atoms with Crippen molar-refractivity contribution >= 4 is 11.5 Å². The first-order chi connectivity index (χ1) is 12.7. The average Bonchev–Trinajstić information content (AvgIpc) is 3.41. The van der Waals surface area contributed by atoms with Gasteiger partial charge in [-0.25, -0.2) is 0 Å². The van der Waals surface area contributed by atoms with E-state index in [4.69, 9.17) is 9.73 Å². The first-order valence-electron chi connectivity index (χ1n) is 8.85. The minimum Gasteiger partial charge on any atom is -0.512 e. The largest absolute Gasteiger partial charge is 0.512 e. The van der Waals surface area contributed by atoms with Gasteiger partial charge < -0.3 is 9.84 Å². The first kappa shape index (κ1) is 16.6. The van der Waals surface area contributed by atoms with Crippen molar-refractivity contribution in [2.45, 2.75) is 31.2 Å². The highest BCUT2D eigenvalue weighted by atomic mass is 16.5. The molecule has 0 saturated heterocycles. The van der Waals surface area contributed by atoms with Crippen LogP contribution in [-0.2, 0) is 4.79 Å². The molecule has 4 heteroatoms. The summed E-state index contributed by atoms with van der Waals surface area (Å²) in [7, 11) is 1.64. The van der Waals surface area contributed by atoms with Crippen LogP contribution >= 0.6 is 0 Å². The molecular weight excluding hydrogens is 326 g/mol. The Balaban J connectivity index is 1.64. The molecule has 132 valence electrons. The monoisotopic (exact) mass is 347 g/mol. The number of rotatable bonds is 5. The Labute approximate surface area is 152 Å². The van der Waals surface area contributed by atoms with Gasteiger partial charge in [-0.2, -0.15) is 0 Å². The number of methoxy groups -OCH3 is 1. The summed E-state index contributed by atoms with van der Waals surface area (Å²) in [5.74, 6) is 1.05. The van der Waals surface area contributed by atoms with Crippen LogP contribution in [0.25, 0.3) is 0 Å². The van der Waals surface area contributed by atoms with Crippen LogP contribution in [0.4, 0.5) is 0 Å². The van der Waals surface area contributed by atoms with Gasteiger partial charge in [0.25, 0.3) is 0 Å². The summed E-state index contributed by atoms with van der Waals surface area (Å²) < 4.78 is 5.24. The molecule has 2 atom stereocenters. The summed E-state index contributed by atoms with van der Waals surface area (Å²) in [6, 6.07) is 7.44. The van der Waals surface area contributed by atoms with Crippen molar-refractivity contribution in [3.63, 3.8) is 0 Å². The normalized spacial score (nSPS) is 24.2. The zero-order valence-electron chi connectivity index (χ0n) is 14.7. The van der Waals surface area contributed by atoms with E-state index >= 15 is 0 Å². The van der Waals surface area contributed by atoms with Gasteiger partial charge in [0.15, 0.2) is 5.78 Å². The van der Waals surface area contributed by atoms with Crippen LogP contribution in [0.2, 0.25) is 0 Å². The second-order valence-corrected chi connectivity index (χ2v) is 6.82. The van der Waals surface area contributed by atoms with Gasteiger partial charge in [0.2, 0.25) is 0 Å². The van der Waals surface area contributed by atoms with Crippen LogP contribution in [0.1, 0.15) is 30.7 Å². The number of nitrogens with zero attached hydrogens (tertiary/aromatic N) is 1. The summed E-state index contributed by atoms with van der Waals surface area (Å²) in [6.45, 7) is 0. The molecular formula is C22H21NO3. The van der Waals surface area contributed by atoms with Gasteiger partial charge in [-0.3, -0.25) is 9.79 Å². The van der Waals surface area contributed by atoms with Gasteiger partial charge in [0.05, 0.1) is 12.9 Å². The molecule has 26 heavy (non-hydrogen) atoms. The Kier molecular flexibility index (Phi) is 4.33. The summed E-state index contributed by atoms with van der Waals surface area (Å²) in [5.41, 5.74) is 3.94. The number of aliphatic hydroxyl groups is 1. The maximum absolute atomic E-state index is 13.1. The maximum Gasteiger partial charge on any atom is 0.184 e. The lowest BCUT2D eigenvalue weighted by molar-refractivity contribution is -0.117. The number of carbonyl (C=O) groups excluding carboxylic acids is 1. The molecule has 1 aromatic rings. The van der Waals surface area contributed by atoms with Crippen LogP contribution in [0.5, 0.6) is 5.75 Å². The lowest BCUT2D eigenvalue weighted by atomic mass is 9.85. The van der Waals surface area contributed by atoms with Gasteiger partial charge in [-0.1, -0.05) is 36.4 Å². The van der Waals surface area contributed by atoms with Gasteiger partial charge in [0, 0.05) is 23.6 Å². The van der Waals surface area contributed by atoms with Gasteiger partial charge in [-0.05, 0) is 42.2 Å². The maximum atomic E-state index is 13.1. The number of aliphatic hydroxyl groups excluding tert-OH is 1. The number of aliphatic imine (C=N–C) groups is 1. The third-order valence-electron chi connectivity index (χ3n) is 5.21. The number of benzene rings is 1. The minimum atomic E-state index is -0.439. The van der Waals surface area contributed by atoms with Crippen LogP contribution in [-0.4, -0.2) is 29.8 Å². The molecule has 0 aromatic heterocycles. The molecule has 1 N–H and O–H groups in total. The fourth-order valence-electron chi connectivity index (χ4n) is 3.77. The van der Waals surface area contributed by atoms with E-state index in [1.165, 1.54) is 5.57 Å². The molecule has 1 heterocycles. The van der Waals surface area contributed by atoms with Crippen LogP contribution in [0.3, 0.4) is 0 Å². The first-order valence-corrected chi connectivity index (χ1v) is 8.85. The highest BCUT2D eigenvalue weighted by Gasteiger charge is 2.38. The molecule has 0 saturated carbocycles. The molecule has 3 aliphatic rings. The SMILES string of the molecule is COc1ccc(C2CC(C3=CC=CC3)=NC2C(=O)C2=CC=C(O)C2)cc1. The van der Waals surface area contributed by atoms with Gasteiger partial charge in [-0.15, -0.1) is 0 Å². The van der Waals surface area contributed by atoms with Crippen molar-refractivity contribution in [1.82, 2.24) is 0 Å². The lowest BCUT2D eigenvalue weighted by Crippen LogP contribution is -2.24. The van der Waals surface area contributed by atoms with E-state index in [1.807, 2.05) is 30.3 Å². The number of hydrogen-bond donors (Lipinski definition) is 1. The van der Waals surface area contributed by atoms with Crippen LogP contribution in [0, 0.1) is 0 Å². The molecule has 2 aliphatic carbocycles. The van der Waals surface area contributed by atoms with Crippen molar-refractivity contribution in [3.05, 3.63) is 77.1 Å². The Morgan fingerprint density at radius 1 is 1.19 bits per heavy atom. The van der Waals surface area contributed by atoms with Gasteiger partial charge in [0.1, 0.15) is 11.8 Å². The average molecular weight is 347 g/mol. The summed E-state index contributed by atoms with van der Waals surface area (Å²) >= 11 is 0. The second-order valence-electron chi connectivity index (χ2n) is 6.82. The van der Waals surface area contributed by atoms with Crippen LogP contribution in [0.15, 0.2) is 76.5 Å². The second kappa shape index (κ2) is 6.79. The molecule has 0 radical (unpaired) electrons.